The van der Waals surface area contributed by atoms with Gasteiger partial charge in [0.05, 0.1) is 12.0 Å². The predicted octanol–water partition coefficient (Wildman–Crippen LogP) is 4.39. The minimum absolute atomic E-state index is 0.0758. The number of hydrogen-bond acceptors (Lipinski definition) is 4. The van der Waals surface area contributed by atoms with Crippen LogP contribution in [-0.2, 0) is 10.0 Å². The Morgan fingerprint density at radius 3 is 2.14 bits per heavy atom. The largest absolute Gasteiger partial charge is 0.497 e. The molecule has 3 aromatic rings. The number of nitrogens with one attached hydrogen (secondary N) is 1. The van der Waals surface area contributed by atoms with Crippen LogP contribution in [0.25, 0.3) is 6.08 Å². The maximum atomic E-state index is 12.5. The molecule has 0 amide bonds. The van der Waals surface area contributed by atoms with E-state index < -0.39 is 10.0 Å². The Morgan fingerprint density at radius 1 is 0.893 bits per heavy atom. The lowest BCUT2D eigenvalue weighted by Gasteiger charge is -2.09. The van der Waals surface area contributed by atoms with Gasteiger partial charge in [0.1, 0.15) is 5.75 Å². The van der Waals surface area contributed by atoms with Crippen LogP contribution >= 0.6 is 0 Å². The van der Waals surface area contributed by atoms with Crippen molar-refractivity contribution in [2.75, 3.05) is 11.8 Å². The van der Waals surface area contributed by atoms with E-state index in [1.54, 1.807) is 30.3 Å². The molecule has 0 bridgehead atoms. The van der Waals surface area contributed by atoms with Gasteiger partial charge in [-0.05, 0) is 60.2 Å². The number of rotatable bonds is 7. The minimum Gasteiger partial charge on any atom is -0.497 e. The molecule has 0 saturated carbocycles. The molecule has 0 unspecified atom stereocenters. The second kappa shape index (κ2) is 8.54. The van der Waals surface area contributed by atoms with Gasteiger partial charge in [0.15, 0.2) is 5.78 Å². The predicted molar refractivity (Wildman–Crippen MR) is 110 cm³/mol. The molecular formula is C22H19NO4S. The van der Waals surface area contributed by atoms with Gasteiger partial charge in [0.25, 0.3) is 10.0 Å². The molecule has 142 valence electrons. The molecule has 0 heterocycles. The third kappa shape index (κ3) is 4.86. The number of sulfonamides is 1. The molecule has 3 rings (SSSR count). The van der Waals surface area contributed by atoms with Crippen molar-refractivity contribution in [2.45, 2.75) is 4.90 Å². The van der Waals surface area contributed by atoms with Crippen LogP contribution < -0.4 is 9.46 Å². The summed E-state index contributed by atoms with van der Waals surface area (Å²) >= 11 is 0. The van der Waals surface area contributed by atoms with Crippen LogP contribution in [0.4, 0.5) is 5.69 Å². The number of ketones is 1. The summed E-state index contributed by atoms with van der Waals surface area (Å²) in [4.78, 5) is 12.3. The fourth-order valence-electron chi connectivity index (χ4n) is 2.50. The summed E-state index contributed by atoms with van der Waals surface area (Å²) in [6.07, 6.45) is 3.19. The molecule has 3 aromatic carbocycles. The number of allylic oxidation sites excluding steroid dienone is 1. The Kier molecular flexibility index (Phi) is 5.91. The Labute approximate surface area is 164 Å². The molecule has 0 fully saturated rings. The first kappa shape index (κ1) is 19.4. The van der Waals surface area contributed by atoms with Gasteiger partial charge in [-0.1, -0.05) is 36.4 Å². The van der Waals surface area contributed by atoms with Gasteiger partial charge >= 0.3 is 0 Å². The second-order valence-corrected chi connectivity index (χ2v) is 7.65. The summed E-state index contributed by atoms with van der Waals surface area (Å²) in [7, 11) is -2.21. The Morgan fingerprint density at radius 2 is 1.54 bits per heavy atom. The van der Waals surface area contributed by atoms with Gasteiger partial charge < -0.3 is 4.74 Å². The first-order valence-corrected chi connectivity index (χ1v) is 10.0. The van der Waals surface area contributed by atoms with Crippen LogP contribution in [0.2, 0.25) is 0 Å². The average Bonchev–Trinajstić information content (AvgIpc) is 2.73. The highest BCUT2D eigenvalue weighted by molar-refractivity contribution is 7.92. The molecule has 0 aliphatic heterocycles. The molecule has 0 saturated heterocycles. The van der Waals surface area contributed by atoms with Crippen LogP contribution in [0.15, 0.2) is 89.8 Å². The SMILES string of the molecule is COc1ccc(NS(=O)(=O)c2ccc(C(=O)/C=C/c3ccccc3)cc2)cc1. The zero-order chi connectivity index (χ0) is 20.0. The number of ether oxygens (including phenoxy) is 1. The van der Waals surface area contributed by atoms with E-state index in [4.69, 9.17) is 4.74 Å². The summed E-state index contributed by atoms with van der Waals surface area (Å²) in [6.45, 7) is 0. The van der Waals surface area contributed by atoms with Crippen LogP contribution in [0.5, 0.6) is 5.75 Å². The monoisotopic (exact) mass is 393 g/mol. The van der Waals surface area contributed by atoms with E-state index in [0.29, 0.717) is 17.0 Å². The van der Waals surface area contributed by atoms with Crippen molar-refractivity contribution in [3.05, 3.63) is 96.1 Å². The Balaban J connectivity index is 1.71. The number of hydrogen-bond donors (Lipinski definition) is 1. The maximum Gasteiger partial charge on any atom is 0.261 e. The normalized spacial score (nSPS) is 11.3. The third-order valence-electron chi connectivity index (χ3n) is 4.02. The van der Waals surface area contributed by atoms with Crippen molar-refractivity contribution in [3.8, 4) is 5.75 Å². The van der Waals surface area contributed by atoms with Crippen molar-refractivity contribution < 1.29 is 17.9 Å². The minimum atomic E-state index is -3.75. The molecule has 0 aliphatic rings. The van der Waals surface area contributed by atoms with Gasteiger partial charge in [0, 0.05) is 11.3 Å². The number of carbonyl (C=O) groups is 1. The van der Waals surface area contributed by atoms with Crippen molar-refractivity contribution in [2.24, 2.45) is 0 Å². The van der Waals surface area contributed by atoms with Gasteiger partial charge in [-0.2, -0.15) is 0 Å². The van der Waals surface area contributed by atoms with Crippen LogP contribution in [0.3, 0.4) is 0 Å². The molecular weight excluding hydrogens is 374 g/mol. The molecule has 6 heteroatoms. The lowest BCUT2D eigenvalue weighted by Crippen LogP contribution is -2.13. The van der Waals surface area contributed by atoms with Crippen molar-refractivity contribution >= 4 is 27.6 Å². The second-order valence-electron chi connectivity index (χ2n) is 5.97. The number of methoxy groups -OCH3 is 1. The highest BCUT2D eigenvalue weighted by atomic mass is 32.2. The van der Waals surface area contributed by atoms with E-state index in [1.165, 1.54) is 37.5 Å². The van der Waals surface area contributed by atoms with Gasteiger partial charge in [0.2, 0.25) is 0 Å². The van der Waals surface area contributed by atoms with E-state index in [2.05, 4.69) is 4.72 Å². The average molecular weight is 393 g/mol. The maximum absolute atomic E-state index is 12.5. The summed E-state index contributed by atoms with van der Waals surface area (Å²) in [5.74, 6) is 0.435. The molecule has 0 aliphatic carbocycles. The number of benzene rings is 3. The summed E-state index contributed by atoms with van der Waals surface area (Å²) in [5.41, 5.74) is 1.75. The number of anilines is 1. The molecule has 1 N–H and O–H groups in total. The van der Waals surface area contributed by atoms with E-state index >= 15 is 0 Å². The zero-order valence-electron chi connectivity index (χ0n) is 15.2. The number of carbonyl (C=O) groups excluding carboxylic acids is 1. The van der Waals surface area contributed by atoms with Crippen LogP contribution in [-0.4, -0.2) is 21.3 Å². The molecule has 5 nitrogen and oxygen atoms in total. The molecule has 0 atom stereocenters. The fraction of sp³-hybridized carbons (Fsp3) is 0.0455. The standard InChI is InChI=1S/C22H19NO4S/c1-27-20-12-10-19(11-13-20)23-28(25,26)21-14-8-18(9-15-21)22(24)16-7-17-5-3-2-4-6-17/h2-16,23H,1H3/b16-7+. The molecule has 0 radical (unpaired) electrons. The summed E-state index contributed by atoms with van der Waals surface area (Å²) < 4.78 is 32.6. The zero-order valence-corrected chi connectivity index (χ0v) is 16.0. The highest BCUT2D eigenvalue weighted by Gasteiger charge is 2.15. The van der Waals surface area contributed by atoms with Gasteiger partial charge in [-0.15, -0.1) is 0 Å². The molecule has 28 heavy (non-hydrogen) atoms. The fourth-order valence-corrected chi connectivity index (χ4v) is 3.56. The smallest absolute Gasteiger partial charge is 0.261 e. The third-order valence-corrected chi connectivity index (χ3v) is 5.42. The van der Waals surface area contributed by atoms with Crippen LogP contribution in [0.1, 0.15) is 15.9 Å². The van der Waals surface area contributed by atoms with Crippen molar-refractivity contribution in [3.63, 3.8) is 0 Å². The van der Waals surface area contributed by atoms with Crippen LogP contribution in [0, 0.1) is 0 Å². The van der Waals surface area contributed by atoms with E-state index in [9.17, 15) is 13.2 Å². The van der Waals surface area contributed by atoms with E-state index in [1.807, 2.05) is 30.3 Å². The Bertz CT molecular complexity index is 1070. The van der Waals surface area contributed by atoms with E-state index in [-0.39, 0.29) is 10.7 Å². The lowest BCUT2D eigenvalue weighted by atomic mass is 10.1. The molecule has 0 aromatic heterocycles. The summed E-state index contributed by atoms with van der Waals surface area (Å²) in [6, 6.07) is 21.8. The first-order chi connectivity index (χ1) is 13.5. The van der Waals surface area contributed by atoms with E-state index in [0.717, 1.165) is 5.56 Å². The first-order valence-electron chi connectivity index (χ1n) is 8.52. The Hall–Kier alpha value is -3.38. The highest BCUT2D eigenvalue weighted by Crippen LogP contribution is 2.20. The van der Waals surface area contributed by atoms with Crippen molar-refractivity contribution in [1.82, 2.24) is 0 Å². The molecule has 0 spiro atoms. The summed E-state index contributed by atoms with van der Waals surface area (Å²) in [5, 5.41) is 0. The van der Waals surface area contributed by atoms with Gasteiger partial charge in [-0.3, -0.25) is 9.52 Å². The van der Waals surface area contributed by atoms with Crippen molar-refractivity contribution in [1.29, 1.82) is 0 Å². The lowest BCUT2D eigenvalue weighted by molar-refractivity contribution is 0.104. The topological polar surface area (TPSA) is 72.5 Å². The van der Waals surface area contributed by atoms with Gasteiger partial charge in [-0.25, -0.2) is 8.42 Å². The quantitative estimate of drug-likeness (QED) is 0.477.